The predicted octanol–water partition coefficient (Wildman–Crippen LogP) is 3.71. The van der Waals surface area contributed by atoms with Gasteiger partial charge >= 0.3 is 5.97 Å². The van der Waals surface area contributed by atoms with E-state index >= 15 is 0 Å². The molecule has 1 amide bonds. The van der Waals surface area contributed by atoms with Gasteiger partial charge in [-0.2, -0.15) is 0 Å². The van der Waals surface area contributed by atoms with Crippen molar-refractivity contribution in [2.24, 2.45) is 45.7 Å². The predicted molar refractivity (Wildman–Crippen MR) is 130 cm³/mol. The number of esters is 1. The van der Waals surface area contributed by atoms with E-state index in [-0.39, 0.29) is 34.2 Å². The first kappa shape index (κ1) is 24.3. The minimum absolute atomic E-state index is 0.0435. The van der Waals surface area contributed by atoms with Gasteiger partial charge in [0, 0.05) is 22.9 Å². The summed E-state index contributed by atoms with van der Waals surface area (Å²) in [4.78, 5) is 23.9. The van der Waals surface area contributed by atoms with Gasteiger partial charge in [-0.15, -0.1) is 0 Å². The van der Waals surface area contributed by atoms with Gasteiger partial charge in [-0.25, -0.2) is 4.79 Å². The van der Waals surface area contributed by atoms with Gasteiger partial charge in [-0.3, -0.25) is 4.79 Å². The fourth-order valence-corrected chi connectivity index (χ4v) is 9.54. The van der Waals surface area contributed by atoms with Crippen molar-refractivity contribution in [2.75, 3.05) is 6.61 Å². The standard InChI is InChI=1S/C28H44N2O4/c1-17(29)24(32)30-19-7-12-26(3)18(15-19)5-6-21-20(26)8-13-27(4)22(9-14-28(21,27)33)25(2)11-10-23(31)34-16-25/h10-11,17-22,33H,5-9,12-16,29H2,1-4H3,(H,30,32)/t17-,18-,19+,20+,21-,22-,25?,26+,27-,28+/m1/s1. The fourth-order valence-electron chi connectivity index (χ4n) is 9.54. The highest BCUT2D eigenvalue weighted by atomic mass is 16.5. The minimum atomic E-state index is -0.660. The Morgan fingerprint density at radius 2 is 1.88 bits per heavy atom. The number of rotatable bonds is 3. The lowest BCUT2D eigenvalue weighted by atomic mass is 9.42. The molecule has 0 spiro atoms. The molecule has 5 rings (SSSR count). The zero-order chi connectivity index (χ0) is 24.5. The maximum Gasteiger partial charge on any atom is 0.330 e. The number of ether oxygens (including phenoxy) is 1. The van der Waals surface area contributed by atoms with Crippen molar-refractivity contribution in [2.45, 2.75) is 103 Å². The van der Waals surface area contributed by atoms with Crippen molar-refractivity contribution in [1.29, 1.82) is 0 Å². The lowest BCUT2D eigenvalue weighted by Gasteiger charge is -2.64. The van der Waals surface area contributed by atoms with Crippen LogP contribution >= 0.6 is 0 Å². The molecule has 1 heterocycles. The van der Waals surface area contributed by atoms with Crippen LogP contribution in [0.15, 0.2) is 12.2 Å². The average Bonchev–Trinajstić information content (AvgIpc) is 3.08. The van der Waals surface area contributed by atoms with Crippen LogP contribution in [0.4, 0.5) is 0 Å². The molecule has 6 nitrogen and oxygen atoms in total. The van der Waals surface area contributed by atoms with Gasteiger partial charge < -0.3 is 20.9 Å². The van der Waals surface area contributed by atoms with Crippen LogP contribution in [0.3, 0.4) is 0 Å². The first-order chi connectivity index (χ1) is 15.9. The van der Waals surface area contributed by atoms with Gasteiger partial charge in [-0.05, 0) is 93.8 Å². The second kappa shape index (κ2) is 8.06. The Balaban J connectivity index is 1.36. The van der Waals surface area contributed by atoms with Gasteiger partial charge in [0.2, 0.25) is 5.91 Å². The van der Waals surface area contributed by atoms with Crippen molar-refractivity contribution in [3.8, 4) is 0 Å². The third-order valence-corrected chi connectivity index (χ3v) is 11.5. The number of cyclic esters (lactones) is 1. The third-order valence-electron chi connectivity index (χ3n) is 11.5. The van der Waals surface area contributed by atoms with E-state index in [9.17, 15) is 14.7 Å². The Morgan fingerprint density at radius 3 is 2.56 bits per heavy atom. The molecule has 6 heteroatoms. The van der Waals surface area contributed by atoms with E-state index in [1.165, 1.54) is 0 Å². The molecule has 4 N–H and O–H groups in total. The molecular formula is C28H44N2O4. The van der Waals surface area contributed by atoms with Crippen LogP contribution in [0, 0.1) is 39.9 Å². The normalized spacial score (nSPS) is 51.0. The highest BCUT2D eigenvalue weighted by molar-refractivity contribution is 5.83. The third kappa shape index (κ3) is 3.42. The number of carbonyl (C=O) groups excluding carboxylic acids is 2. The van der Waals surface area contributed by atoms with Crippen LogP contribution in [0.5, 0.6) is 0 Å². The Labute approximate surface area is 204 Å². The van der Waals surface area contributed by atoms with Crippen molar-refractivity contribution >= 4 is 11.9 Å². The topological polar surface area (TPSA) is 102 Å². The molecule has 34 heavy (non-hydrogen) atoms. The van der Waals surface area contributed by atoms with Crippen molar-refractivity contribution < 1.29 is 19.4 Å². The van der Waals surface area contributed by atoms with Gasteiger partial charge in [0.05, 0.1) is 11.6 Å². The first-order valence-electron chi connectivity index (χ1n) is 13.6. The molecule has 10 atom stereocenters. The molecule has 0 aromatic rings. The highest BCUT2D eigenvalue weighted by Crippen LogP contribution is 2.71. The van der Waals surface area contributed by atoms with Crippen molar-refractivity contribution in [1.82, 2.24) is 5.32 Å². The van der Waals surface area contributed by atoms with E-state index in [4.69, 9.17) is 10.5 Å². The molecule has 5 aliphatic rings. The van der Waals surface area contributed by atoms with Crippen molar-refractivity contribution in [3.63, 3.8) is 0 Å². The quantitative estimate of drug-likeness (QED) is 0.544. The van der Waals surface area contributed by atoms with E-state index in [2.05, 4.69) is 32.2 Å². The highest BCUT2D eigenvalue weighted by Gasteiger charge is 2.69. The molecule has 0 aromatic carbocycles. The average molecular weight is 473 g/mol. The summed E-state index contributed by atoms with van der Waals surface area (Å²) in [5.41, 5.74) is 4.97. The maximum atomic E-state index is 12.5. The van der Waals surface area contributed by atoms with Gasteiger partial charge in [-0.1, -0.05) is 26.8 Å². The molecule has 4 aliphatic carbocycles. The Morgan fingerprint density at radius 1 is 1.12 bits per heavy atom. The lowest BCUT2D eigenvalue weighted by molar-refractivity contribution is -0.214. The van der Waals surface area contributed by atoms with Gasteiger partial charge in [0.15, 0.2) is 0 Å². The van der Waals surface area contributed by atoms with E-state index in [0.717, 1.165) is 57.8 Å². The Bertz CT molecular complexity index is 888. The molecule has 1 aliphatic heterocycles. The van der Waals surface area contributed by atoms with Gasteiger partial charge in [0.1, 0.15) is 6.61 Å². The molecule has 0 aromatic heterocycles. The minimum Gasteiger partial charge on any atom is -0.462 e. The lowest BCUT2D eigenvalue weighted by Crippen LogP contribution is -2.63. The zero-order valence-corrected chi connectivity index (χ0v) is 21.4. The summed E-state index contributed by atoms with van der Waals surface area (Å²) in [6.45, 7) is 9.17. The number of aliphatic hydroxyl groups is 1. The van der Waals surface area contributed by atoms with E-state index < -0.39 is 11.6 Å². The summed E-state index contributed by atoms with van der Waals surface area (Å²) < 4.78 is 5.46. The van der Waals surface area contributed by atoms with E-state index in [0.29, 0.717) is 30.3 Å². The monoisotopic (exact) mass is 472 g/mol. The van der Waals surface area contributed by atoms with E-state index in [1.807, 2.05) is 0 Å². The molecule has 0 radical (unpaired) electrons. The van der Waals surface area contributed by atoms with Crippen LogP contribution in [-0.4, -0.2) is 41.3 Å². The second-order valence-electron chi connectivity index (χ2n) is 13.2. The number of hydrogen-bond donors (Lipinski definition) is 3. The molecule has 4 fully saturated rings. The molecular weight excluding hydrogens is 428 g/mol. The summed E-state index contributed by atoms with van der Waals surface area (Å²) in [6, 6.07) is -0.240. The number of carbonyl (C=O) groups is 2. The summed E-state index contributed by atoms with van der Waals surface area (Å²) in [6.07, 6.45) is 13.0. The van der Waals surface area contributed by atoms with Crippen LogP contribution in [0.1, 0.15) is 85.5 Å². The number of amides is 1. The molecule has 0 saturated heterocycles. The van der Waals surface area contributed by atoms with E-state index in [1.54, 1.807) is 13.0 Å². The zero-order valence-electron chi connectivity index (χ0n) is 21.4. The summed E-state index contributed by atoms with van der Waals surface area (Å²) in [7, 11) is 0. The van der Waals surface area contributed by atoms with Gasteiger partial charge in [0.25, 0.3) is 0 Å². The fraction of sp³-hybridized carbons (Fsp3) is 0.857. The largest absolute Gasteiger partial charge is 0.462 e. The van der Waals surface area contributed by atoms with Crippen LogP contribution in [0.25, 0.3) is 0 Å². The van der Waals surface area contributed by atoms with Crippen molar-refractivity contribution in [3.05, 3.63) is 12.2 Å². The molecule has 1 unspecified atom stereocenters. The summed E-state index contributed by atoms with van der Waals surface area (Å²) in [5, 5.41) is 15.7. The molecule has 0 bridgehead atoms. The van der Waals surface area contributed by atoms with Crippen LogP contribution < -0.4 is 11.1 Å². The Hall–Kier alpha value is -1.40. The maximum absolute atomic E-state index is 12.5. The number of nitrogens with one attached hydrogen (secondary N) is 1. The number of hydrogen-bond acceptors (Lipinski definition) is 5. The SMILES string of the molecule is C[C@@H](N)C(=O)N[C@H]1CC[C@@]2(C)[C@H](CC[C@@H]3[C@@H]2CC[C@]2(C)[C@@H](C4(C)C=CC(=O)OC4)CC[C@]32O)C1. The summed E-state index contributed by atoms with van der Waals surface area (Å²) in [5.74, 6) is 1.46. The molecule has 190 valence electrons. The van der Waals surface area contributed by atoms with Crippen LogP contribution in [-0.2, 0) is 14.3 Å². The number of nitrogens with two attached hydrogens (primary N) is 1. The smallest absolute Gasteiger partial charge is 0.330 e. The summed E-state index contributed by atoms with van der Waals surface area (Å²) >= 11 is 0. The van der Waals surface area contributed by atoms with Crippen LogP contribution in [0.2, 0.25) is 0 Å². The first-order valence-corrected chi connectivity index (χ1v) is 13.6. The second-order valence-corrected chi connectivity index (χ2v) is 13.2. The number of fused-ring (bicyclic) bond motifs is 5. The Kier molecular flexibility index (Phi) is 5.76. The molecule has 4 saturated carbocycles.